The highest BCUT2D eigenvalue weighted by Gasteiger charge is 2.35. The maximum atomic E-state index is 12.6. The van der Waals surface area contributed by atoms with Gasteiger partial charge in [-0.1, -0.05) is 11.8 Å². The molecule has 8 nitrogen and oxygen atoms in total. The number of amides is 2. The second-order valence-electron chi connectivity index (χ2n) is 6.30. The van der Waals surface area contributed by atoms with Gasteiger partial charge < -0.3 is 24.4 Å². The van der Waals surface area contributed by atoms with Crippen LogP contribution in [0.25, 0.3) is 0 Å². The van der Waals surface area contributed by atoms with Gasteiger partial charge in [-0.05, 0) is 31.9 Å². The van der Waals surface area contributed by atoms with Gasteiger partial charge in [-0.3, -0.25) is 0 Å². The molecule has 1 fully saturated rings. The summed E-state index contributed by atoms with van der Waals surface area (Å²) in [7, 11) is 0. The van der Waals surface area contributed by atoms with E-state index in [4.69, 9.17) is 9.15 Å². The Morgan fingerprint density at radius 3 is 3.04 bits per heavy atom. The molecule has 2 N–H and O–H groups in total. The first kappa shape index (κ1) is 17.7. The highest BCUT2D eigenvalue weighted by Crippen LogP contribution is 2.38. The summed E-state index contributed by atoms with van der Waals surface area (Å²) in [6, 6.07) is 2.87. The van der Waals surface area contributed by atoms with E-state index in [1.54, 1.807) is 25.3 Å². The Balaban J connectivity index is 1.63. The molecule has 0 radical (unpaired) electrons. The number of aromatic nitrogens is 2. The molecule has 1 unspecified atom stereocenters. The predicted octanol–water partition coefficient (Wildman–Crippen LogP) is 2.77. The zero-order chi connectivity index (χ0) is 18.8. The predicted molar refractivity (Wildman–Crippen MR) is 98.0 cm³/mol. The molecule has 0 aromatic carbocycles. The third-order valence-corrected chi connectivity index (χ3v) is 5.40. The molecule has 2 aliphatic rings. The lowest BCUT2D eigenvalue weighted by Gasteiger charge is -2.27. The minimum atomic E-state index is -0.688. The summed E-state index contributed by atoms with van der Waals surface area (Å²) in [4.78, 5) is 29.2. The molecule has 27 heavy (non-hydrogen) atoms. The lowest BCUT2D eigenvalue weighted by molar-refractivity contribution is -0.139. The Morgan fingerprint density at radius 2 is 2.33 bits per heavy atom. The fraction of sp³-hybridized carbons (Fsp3) is 0.389. The van der Waals surface area contributed by atoms with Gasteiger partial charge in [0.2, 0.25) is 0 Å². The van der Waals surface area contributed by atoms with E-state index in [1.165, 1.54) is 18.0 Å². The highest BCUT2D eigenvalue weighted by molar-refractivity contribution is 7.99. The summed E-state index contributed by atoms with van der Waals surface area (Å²) in [6.45, 7) is 1.99. The second kappa shape index (κ2) is 7.51. The van der Waals surface area contributed by atoms with Gasteiger partial charge in [0, 0.05) is 29.9 Å². The number of rotatable bonds is 7. The number of imidazole rings is 1. The molecule has 2 aromatic rings. The van der Waals surface area contributed by atoms with Crippen LogP contribution >= 0.6 is 11.8 Å². The number of urea groups is 1. The van der Waals surface area contributed by atoms with E-state index in [1.807, 2.05) is 6.20 Å². The van der Waals surface area contributed by atoms with E-state index in [2.05, 4.69) is 20.2 Å². The van der Waals surface area contributed by atoms with Gasteiger partial charge >= 0.3 is 12.0 Å². The van der Waals surface area contributed by atoms with Crippen molar-refractivity contribution in [1.29, 1.82) is 0 Å². The van der Waals surface area contributed by atoms with Gasteiger partial charge in [0.1, 0.15) is 11.8 Å². The number of nitrogens with one attached hydrogen (secondary N) is 2. The van der Waals surface area contributed by atoms with Crippen molar-refractivity contribution in [3.63, 3.8) is 0 Å². The number of hydrogen-bond donors (Lipinski definition) is 2. The van der Waals surface area contributed by atoms with Crippen LogP contribution in [0.2, 0.25) is 0 Å². The van der Waals surface area contributed by atoms with Crippen molar-refractivity contribution in [2.45, 2.75) is 37.0 Å². The normalized spacial score (nSPS) is 19.6. The summed E-state index contributed by atoms with van der Waals surface area (Å²) < 4.78 is 12.8. The minimum absolute atomic E-state index is 0.244. The van der Waals surface area contributed by atoms with Crippen LogP contribution in [0.1, 0.15) is 37.6 Å². The smallest absolute Gasteiger partial charge is 0.338 e. The quantitative estimate of drug-likeness (QED) is 0.559. The van der Waals surface area contributed by atoms with Crippen LogP contribution < -0.4 is 10.6 Å². The Labute approximate surface area is 160 Å². The molecule has 1 saturated carbocycles. The Kier molecular flexibility index (Phi) is 4.93. The first-order valence-corrected chi connectivity index (χ1v) is 9.82. The van der Waals surface area contributed by atoms with Gasteiger partial charge in [-0.2, -0.15) is 0 Å². The first-order chi connectivity index (χ1) is 13.2. The van der Waals surface area contributed by atoms with E-state index in [-0.39, 0.29) is 12.6 Å². The molecule has 3 heterocycles. The van der Waals surface area contributed by atoms with E-state index in [0.717, 1.165) is 18.0 Å². The molecular formula is C18H20N4O4S. The highest BCUT2D eigenvalue weighted by atomic mass is 32.2. The molecule has 0 spiro atoms. The van der Waals surface area contributed by atoms with Crippen LogP contribution in [0.15, 0.2) is 51.6 Å². The molecular weight excluding hydrogens is 368 g/mol. The number of esters is 1. The van der Waals surface area contributed by atoms with Crippen molar-refractivity contribution in [3.05, 3.63) is 47.8 Å². The largest absolute Gasteiger partial charge is 0.467 e. The second-order valence-corrected chi connectivity index (χ2v) is 7.24. The van der Waals surface area contributed by atoms with Gasteiger partial charge in [0.15, 0.2) is 5.16 Å². The fourth-order valence-corrected chi connectivity index (χ4v) is 4.02. The third-order valence-electron chi connectivity index (χ3n) is 4.40. The molecule has 2 amide bonds. The number of ether oxygens (including phenoxy) is 1. The fourth-order valence-electron chi connectivity index (χ4n) is 3.03. The molecule has 1 aliphatic carbocycles. The van der Waals surface area contributed by atoms with Crippen LogP contribution in [-0.4, -0.2) is 33.9 Å². The lowest BCUT2D eigenvalue weighted by Crippen LogP contribution is -2.46. The van der Waals surface area contributed by atoms with Crippen LogP contribution in [-0.2, 0) is 9.53 Å². The van der Waals surface area contributed by atoms with E-state index in [0.29, 0.717) is 28.8 Å². The summed E-state index contributed by atoms with van der Waals surface area (Å²) in [6.07, 6.45) is 7.55. The average molecular weight is 388 g/mol. The number of carbonyl (C=O) groups is 2. The molecule has 0 bridgehead atoms. The van der Waals surface area contributed by atoms with Crippen LogP contribution in [0.5, 0.6) is 0 Å². The van der Waals surface area contributed by atoms with Crippen LogP contribution in [0, 0.1) is 0 Å². The molecule has 2 aromatic heterocycles. The monoisotopic (exact) mass is 388 g/mol. The van der Waals surface area contributed by atoms with Crippen molar-refractivity contribution in [2.75, 3.05) is 12.4 Å². The van der Waals surface area contributed by atoms with E-state index >= 15 is 0 Å². The van der Waals surface area contributed by atoms with Crippen molar-refractivity contribution < 1.29 is 18.7 Å². The first-order valence-electron chi connectivity index (χ1n) is 8.84. The topological polar surface area (TPSA) is 98.4 Å². The summed E-state index contributed by atoms with van der Waals surface area (Å²) >= 11 is 1.48. The Morgan fingerprint density at radius 1 is 1.48 bits per heavy atom. The molecule has 4 rings (SSSR count). The maximum Gasteiger partial charge on any atom is 0.338 e. The van der Waals surface area contributed by atoms with Crippen molar-refractivity contribution >= 4 is 23.8 Å². The molecule has 0 saturated heterocycles. The zero-order valence-electron chi connectivity index (χ0n) is 14.8. The zero-order valence-corrected chi connectivity index (χ0v) is 15.6. The molecule has 142 valence electrons. The van der Waals surface area contributed by atoms with Crippen molar-refractivity contribution in [2.24, 2.45) is 0 Å². The minimum Gasteiger partial charge on any atom is -0.467 e. The Bertz CT molecular complexity index is 870. The number of furan rings is 1. The van der Waals surface area contributed by atoms with Gasteiger partial charge in [0.25, 0.3) is 0 Å². The Hall–Kier alpha value is -2.68. The number of hydrogen-bond acceptors (Lipinski definition) is 6. The average Bonchev–Trinajstić information content (AvgIpc) is 3.16. The van der Waals surface area contributed by atoms with Crippen LogP contribution in [0.3, 0.4) is 0 Å². The van der Waals surface area contributed by atoms with E-state index in [9.17, 15) is 9.59 Å². The summed E-state index contributed by atoms with van der Waals surface area (Å²) in [5, 5.41) is 6.36. The van der Waals surface area contributed by atoms with Gasteiger partial charge in [-0.15, -0.1) is 0 Å². The van der Waals surface area contributed by atoms with Gasteiger partial charge in [0.05, 0.1) is 18.4 Å². The maximum absolute atomic E-state index is 12.6. The third kappa shape index (κ3) is 3.73. The SMILES string of the molecule is CCOC(=O)C1=C(CSc2nccn2C2CC2)NC(=O)NC1c1ccco1. The number of nitrogens with zero attached hydrogens (tertiary/aromatic N) is 2. The van der Waals surface area contributed by atoms with E-state index < -0.39 is 12.0 Å². The summed E-state index contributed by atoms with van der Waals surface area (Å²) in [5.41, 5.74) is 0.859. The van der Waals surface area contributed by atoms with Crippen molar-refractivity contribution in [3.8, 4) is 0 Å². The summed E-state index contributed by atoms with van der Waals surface area (Å²) in [5.74, 6) is 0.394. The molecule has 9 heteroatoms. The molecule has 1 atom stereocenters. The standard InChI is InChI=1S/C18H20N4O4S/c1-2-25-16(23)14-12(10-27-18-19-7-8-22(18)11-5-6-11)20-17(24)21-15(14)13-4-3-9-26-13/h3-4,7-9,11,15H,2,5-6,10H2,1H3,(H2,20,21,24). The van der Waals surface area contributed by atoms with Crippen molar-refractivity contribution in [1.82, 2.24) is 20.2 Å². The van der Waals surface area contributed by atoms with Gasteiger partial charge in [-0.25, -0.2) is 14.6 Å². The molecule has 1 aliphatic heterocycles. The number of thioether (sulfide) groups is 1. The number of carbonyl (C=O) groups excluding carboxylic acids is 2. The lowest BCUT2D eigenvalue weighted by atomic mass is 10.0. The van der Waals surface area contributed by atoms with Crippen LogP contribution in [0.4, 0.5) is 4.79 Å².